The second kappa shape index (κ2) is 4.53. The molecule has 0 amide bonds. The summed E-state index contributed by atoms with van der Waals surface area (Å²) in [5.74, 6) is 0. The number of rotatable bonds is 3. The van der Waals surface area contributed by atoms with Crippen LogP contribution in [0.25, 0.3) is 0 Å². The third-order valence-corrected chi connectivity index (χ3v) is 0.859. The predicted molar refractivity (Wildman–Crippen MR) is 31.5 cm³/mol. The lowest BCUT2D eigenvalue weighted by Crippen LogP contribution is -1.83. The van der Waals surface area contributed by atoms with Crippen molar-refractivity contribution >= 4 is 6.29 Å². The van der Waals surface area contributed by atoms with Crippen LogP contribution >= 0.6 is 0 Å². The van der Waals surface area contributed by atoms with Gasteiger partial charge in [0.1, 0.15) is 6.29 Å². The molecule has 0 aliphatic heterocycles. The predicted octanol–water partition coefficient (Wildman–Crippen LogP) is 0.514. The number of carbonyl (C=O) groups excluding carboxylic acids is 1. The molecule has 0 aliphatic carbocycles. The third kappa shape index (κ3) is 3.56. The maximum Gasteiger partial charge on any atom is 0.142 e. The van der Waals surface area contributed by atoms with Crippen LogP contribution in [0.1, 0.15) is 13.3 Å². The van der Waals surface area contributed by atoms with Crippen molar-refractivity contribution in [3.8, 4) is 0 Å². The molecule has 0 aliphatic rings. The summed E-state index contributed by atoms with van der Waals surface area (Å²) in [4.78, 5) is 9.73. The van der Waals surface area contributed by atoms with E-state index in [9.17, 15) is 4.79 Å². The minimum atomic E-state index is 0.121. The summed E-state index contributed by atoms with van der Waals surface area (Å²) < 4.78 is 0. The van der Waals surface area contributed by atoms with Crippen LogP contribution in [0.5, 0.6) is 0 Å². The molecule has 0 saturated carbocycles. The summed E-state index contributed by atoms with van der Waals surface area (Å²) >= 11 is 0. The van der Waals surface area contributed by atoms with Crippen LogP contribution in [0, 0.1) is 0 Å². The first kappa shape index (κ1) is 7.37. The highest BCUT2D eigenvalue weighted by atomic mass is 16.2. The van der Waals surface area contributed by atoms with Crippen molar-refractivity contribution in [3.63, 3.8) is 0 Å². The van der Waals surface area contributed by atoms with Gasteiger partial charge in [0.05, 0.1) is 0 Å². The summed E-state index contributed by atoms with van der Waals surface area (Å²) in [6, 6.07) is 0. The number of allylic oxidation sites excluding steroid dienone is 1. The van der Waals surface area contributed by atoms with Gasteiger partial charge in [-0.2, -0.15) is 0 Å². The van der Waals surface area contributed by atoms with E-state index >= 15 is 0 Å². The molecule has 0 aromatic heterocycles. The van der Waals surface area contributed by atoms with Gasteiger partial charge in [-0.15, -0.1) is 0 Å². The normalized spacial score (nSPS) is 11.5. The number of carbonyl (C=O) groups is 1. The molecule has 46 valence electrons. The topological polar surface area (TPSA) is 37.3 Å². The van der Waals surface area contributed by atoms with Crippen LogP contribution in [-0.4, -0.2) is 18.0 Å². The van der Waals surface area contributed by atoms with Crippen molar-refractivity contribution in [1.82, 2.24) is 0 Å². The molecule has 1 N–H and O–H groups in total. The number of aliphatic hydroxyl groups is 1. The summed E-state index contributed by atoms with van der Waals surface area (Å²) in [6.45, 7) is 1.93. The van der Waals surface area contributed by atoms with Crippen LogP contribution < -0.4 is 0 Å². The molecule has 0 saturated heterocycles. The van der Waals surface area contributed by atoms with E-state index in [0.717, 1.165) is 11.9 Å². The van der Waals surface area contributed by atoms with E-state index in [0.29, 0.717) is 6.42 Å². The van der Waals surface area contributed by atoms with E-state index < -0.39 is 0 Å². The maximum atomic E-state index is 9.73. The lowest BCUT2D eigenvalue weighted by Gasteiger charge is -1.90. The quantitative estimate of drug-likeness (QED) is 0.429. The van der Waals surface area contributed by atoms with Gasteiger partial charge < -0.3 is 5.11 Å². The van der Waals surface area contributed by atoms with Crippen molar-refractivity contribution in [2.45, 2.75) is 13.3 Å². The average molecular weight is 114 g/mol. The molecule has 0 bridgehead atoms. The molecule has 0 aromatic rings. The number of aldehydes is 1. The highest BCUT2D eigenvalue weighted by molar-refractivity contribution is 5.65. The van der Waals surface area contributed by atoms with E-state index in [1.54, 1.807) is 0 Å². The van der Waals surface area contributed by atoms with Gasteiger partial charge in [-0.05, 0) is 19.4 Å². The Labute approximate surface area is 48.8 Å². The standard InChI is InChI=1S/C6H10O2/c1-6(2-4-7)3-5-8/h2,4,8H,3,5H2,1H3. The molecule has 0 unspecified atom stereocenters. The molecule has 8 heavy (non-hydrogen) atoms. The molecule has 0 rings (SSSR count). The van der Waals surface area contributed by atoms with Crippen molar-refractivity contribution in [1.29, 1.82) is 0 Å². The Morgan fingerprint density at radius 3 is 2.75 bits per heavy atom. The van der Waals surface area contributed by atoms with Gasteiger partial charge in [0, 0.05) is 6.61 Å². The van der Waals surface area contributed by atoms with E-state index in [2.05, 4.69) is 0 Å². The zero-order valence-corrected chi connectivity index (χ0v) is 4.92. The summed E-state index contributed by atoms with van der Waals surface area (Å²) in [7, 11) is 0. The third-order valence-electron chi connectivity index (χ3n) is 0.859. The molecule has 0 aromatic carbocycles. The molecule has 0 fully saturated rings. The second-order valence-electron chi connectivity index (χ2n) is 1.62. The Kier molecular flexibility index (Phi) is 4.17. The van der Waals surface area contributed by atoms with Crippen LogP contribution in [0.4, 0.5) is 0 Å². The van der Waals surface area contributed by atoms with E-state index in [-0.39, 0.29) is 6.61 Å². The van der Waals surface area contributed by atoms with E-state index in [1.165, 1.54) is 6.08 Å². The molecular formula is C6H10O2. The summed E-state index contributed by atoms with van der Waals surface area (Å²) in [5, 5.41) is 8.31. The fraction of sp³-hybridized carbons (Fsp3) is 0.500. The monoisotopic (exact) mass is 114 g/mol. The SMILES string of the molecule is CC(=CC=O)CCO. The van der Waals surface area contributed by atoms with Gasteiger partial charge in [0.25, 0.3) is 0 Å². The van der Waals surface area contributed by atoms with E-state index in [4.69, 9.17) is 5.11 Å². The van der Waals surface area contributed by atoms with Crippen LogP contribution in [0.2, 0.25) is 0 Å². The first-order valence-electron chi connectivity index (χ1n) is 2.53. The van der Waals surface area contributed by atoms with E-state index in [1.807, 2.05) is 6.92 Å². The molecule has 0 atom stereocenters. The molecule has 0 heterocycles. The highest BCUT2D eigenvalue weighted by Gasteiger charge is 1.83. The zero-order valence-electron chi connectivity index (χ0n) is 4.92. The van der Waals surface area contributed by atoms with Crippen molar-refractivity contribution in [2.75, 3.05) is 6.61 Å². The Bertz CT molecular complexity index is 94.7. The van der Waals surface area contributed by atoms with Crippen molar-refractivity contribution in [2.24, 2.45) is 0 Å². The fourth-order valence-electron chi connectivity index (χ4n) is 0.376. The highest BCUT2D eigenvalue weighted by Crippen LogP contribution is 1.94. The Hall–Kier alpha value is -0.630. The van der Waals surface area contributed by atoms with Crippen LogP contribution in [0.15, 0.2) is 11.6 Å². The van der Waals surface area contributed by atoms with Gasteiger partial charge in [-0.1, -0.05) is 5.57 Å². The smallest absolute Gasteiger partial charge is 0.142 e. The largest absolute Gasteiger partial charge is 0.396 e. The van der Waals surface area contributed by atoms with Gasteiger partial charge in [-0.25, -0.2) is 0 Å². The van der Waals surface area contributed by atoms with Crippen LogP contribution in [-0.2, 0) is 4.79 Å². The minimum absolute atomic E-state index is 0.121. The Balaban J connectivity index is 3.44. The zero-order chi connectivity index (χ0) is 6.41. The maximum absolute atomic E-state index is 9.73. The lowest BCUT2D eigenvalue weighted by molar-refractivity contribution is -0.104. The Morgan fingerprint density at radius 1 is 1.75 bits per heavy atom. The first-order valence-corrected chi connectivity index (χ1v) is 2.53. The molecule has 2 heteroatoms. The Morgan fingerprint density at radius 2 is 2.38 bits per heavy atom. The van der Waals surface area contributed by atoms with Gasteiger partial charge in [0.2, 0.25) is 0 Å². The van der Waals surface area contributed by atoms with Gasteiger partial charge in [0.15, 0.2) is 0 Å². The van der Waals surface area contributed by atoms with Gasteiger partial charge >= 0.3 is 0 Å². The summed E-state index contributed by atoms with van der Waals surface area (Å²) in [6.07, 6.45) is 2.78. The molecule has 2 nitrogen and oxygen atoms in total. The van der Waals surface area contributed by atoms with Gasteiger partial charge in [-0.3, -0.25) is 4.79 Å². The fourth-order valence-corrected chi connectivity index (χ4v) is 0.376. The lowest BCUT2D eigenvalue weighted by atomic mass is 10.2. The number of hydrogen-bond acceptors (Lipinski definition) is 2. The van der Waals surface area contributed by atoms with Crippen LogP contribution in [0.3, 0.4) is 0 Å². The molecular weight excluding hydrogens is 104 g/mol. The summed E-state index contributed by atoms with van der Waals surface area (Å²) in [5.41, 5.74) is 0.919. The number of hydrogen-bond donors (Lipinski definition) is 1. The van der Waals surface area contributed by atoms with Crippen molar-refractivity contribution in [3.05, 3.63) is 11.6 Å². The number of aliphatic hydroxyl groups excluding tert-OH is 1. The average Bonchev–Trinajstić information content (AvgIpc) is 1.68. The molecule has 0 spiro atoms. The minimum Gasteiger partial charge on any atom is -0.396 e. The first-order chi connectivity index (χ1) is 3.81. The second-order valence-corrected chi connectivity index (χ2v) is 1.62. The molecule has 0 radical (unpaired) electrons. The van der Waals surface area contributed by atoms with Crippen molar-refractivity contribution < 1.29 is 9.90 Å².